The summed E-state index contributed by atoms with van der Waals surface area (Å²) in [5.74, 6) is 1.11. The van der Waals surface area contributed by atoms with Crippen molar-refractivity contribution in [3.63, 3.8) is 0 Å². The van der Waals surface area contributed by atoms with Crippen LogP contribution in [0.4, 0.5) is 11.9 Å². The van der Waals surface area contributed by atoms with Gasteiger partial charge in [-0.05, 0) is 51.1 Å². The molecule has 20 heavy (non-hydrogen) atoms. The summed E-state index contributed by atoms with van der Waals surface area (Å²) in [4.78, 5) is 14.9. The predicted molar refractivity (Wildman–Crippen MR) is 80.3 cm³/mol. The van der Waals surface area contributed by atoms with Crippen LogP contribution in [0.5, 0.6) is 0 Å². The molecule has 7 heteroatoms. The van der Waals surface area contributed by atoms with E-state index in [1.807, 2.05) is 6.92 Å². The van der Waals surface area contributed by atoms with Gasteiger partial charge in [0.15, 0.2) is 0 Å². The molecule has 1 aromatic heterocycles. The van der Waals surface area contributed by atoms with Gasteiger partial charge >= 0.3 is 0 Å². The van der Waals surface area contributed by atoms with Gasteiger partial charge in [-0.15, -0.1) is 0 Å². The van der Waals surface area contributed by atoms with Crippen molar-refractivity contribution in [2.75, 3.05) is 23.3 Å². The number of aromatic nitrogens is 3. The van der Waals surface area contributed by atoms with E-state index in [0.29, 0.717) is 18.3 Å². The van der Waals surface area contributed by atoms with Crippen LogP contribution in [-0.2, 0) is 0 Å². The molecule has 2 atom stereocenters. The molecule has 6 nitrogen and oxygen atoms in total. The van der Waals surface area contributed by atoms with E-state index in [1.165, 1.54) is 6.42 Å². The molecule has 0 saturated carbocycles. The van der Waals surface area contributed by atoms with E-state index in [0.717, 1.165) is 25.9 Å². The van der Waals surface area contributed by atoms with Crippen LogP contribution in [0.15, 0.2) is 0 Å². The highest BCUT2D eigenvalue weighted by Gasteiger charge is 2.16. The normalized spacial score (nSPS) is 18.7. The number of hydrogen-bond acceptors (Lipinski definition) is 6. The summed E-state index contributed by atoms with van der Waals surface area (Å²) in [6.07, 6.45) is 3.83. The summed E-state index contributed by atoms with van der Waals surface area (Å²) >= 11 is 5.98. The maximum atomic E-state index is 9.39. The van der Waals surface area contributed by atoms with Gasteiger partial charge in [0.2, 0.25) is 17.2 Å². The van der Waals surface area contributed by atoms with Crippen LogP contribution in [-0.4, -0.2) is 45.3 Å². The van der Waals surface area contributed by atoms with Crippen molar-refractivity contribution in [1.82, 2.24) is 15.0 Å². The van der Waals surface area contributed by atoms with Gasteiger partial charge in [0.25, 0.3) is 0 Å². The van der Waals surface area contributed by atoms with E-state index < -0.39 is 0 Å². The number of nitrogens with zero attached hydrogens (tertiary/aromatic N) is 4. The minimum absolute atomic E-state index is 0.0719. The molecular weight excluding hydrogens is 278 g/mol. The molecular formula is C13H22ClN5O. The molecule has 1 saturated heterocycles. The summed E-state index contributed by atoms with van der Waals surface area (Å²) in [7, 11) is 0. The van der Waals surface area contributed by atoms with Crippen LogP contribution < -0.4 is 10.2 Å². The zero-order valence-corrected chi connectivity index (χ0v) is 12.8. The number of halogens is 1. The van der Waals surface area contributed by atoms with Crippen LogP contribution in [0.25, 0.3) is 0 Å². The fourth-order valence-electron chi connectivity index (χ4n) is 2.43. The number of hydrogen-bond donors (Lipinski definition) is 2. The fraction of sp³-hybridized carbons (Fsp3) is 0.769. The van der Waals surface area contributed by atoms with Crippen molar-refractivity contribution in [2.45, 2.75) is 51.7 Å². The third kappa shape index (κ3) is 4.45. The Labute approximate surface area is 124 Å². The molecule has 2 unspecified atom stereocenters. The van der Waals surface area contributed by atoms with E-state index in [1.54, 1.807) is 6.92 Å². The summed E-state index contributed by atoms with van der Waals surface area (Å²) in [6.45, 7) is 5.66. The minimum Gasteiger partial charge on any atom is -0.393 e. The molecule has 1 aromatic rings. The zero-order valence-electron chi connectivity index (χ0n) is 12.0. The first-order chi connectivity index (χ1) is 9.54. The van der Waals surface area contributed by atoms with E-state index in [-0.39, 0.29) is 17.4 Å². The van der Waals surface area contributed by atoms with E-state index in [9.17, 15) is 5.11 Å². The highest BCUT2D eigenvalue weighted by atomic mass is 35.5. The second-order valence-corrected chi connectivity index (χ2v) is 5.74. The quantitative estimate of drug-likeness (QED) is 0.867. The second-order valence-electron chi connectivity index (χ2n) is 5.41. The molecule has 2 N–H and O–H groups in total. The Balaban J connectivity index is 2.07. The molecule has 2 heterocycles. The summed E-state index contributed by atoms with van der Waals surface area (Å²) in [5.41, 5.74) is 0. The molecule has 2 rings (SSSR count). The summed E-state index contributed by atoms with van der Waals surface area (Å²) in [6, 6.07) is 0.0719. The molecule has 0 aromatic carbocycles. The average molecular weight is 300 g/mol. The third-order valence-corrected chi connectivity index (χ3v) is 3.47. The smallest absolute Gasteiger partial charge is 0.231 e. The third-order valence-electron chi connectivity index (χ3n) is 3.31. The fourth-order valence-corrected chi connectivity index (χ4v) is 2.59. The van der Waals surface area contributed by atoms with E-state index in [4.69, 9.17) is 11.6 Å². The molecule has 1 aliphatic heterocycles. The Morgan fingerprint density at radius 3 is 2.55 bits per heavy atom. The Bertz CT molecular complexity index is 437. The minimum atomic E-state index is -0.364. The lowest BCUT2D eigenvalue weighted by atomic mass is 10.1. The van der Waals surface area contributed by atoms with Gasteiger partial charge < -0.3 is 15.3 Å². The van der Waals surface area contributed by atoms with Crippen LogP contribution in [0, 0.1) is 0 Å². The zero-order chi connectivity index (χ0) is 14.5. The SMILES string of the molecule is CC(O)CC(C)Nc1nc(Cl)nc(N2CCCCC2)n1. The van der Waals surface area contributed by atoms with Gasteiger partial charge in [-0.2, -0.15) is 15.0 Å². The van der Waals surface area contributed by atoms with Gasteiger partial charge in [0, 0.05) is 19.1 Å². The van der Waals surface area contributed by atoms with Crippen molar-refractivity contribution >= 4 is 23.5 Å². The highest BCUT2D eigenvalue weighted by molar-refractivity contribution is 6.28. The maximum Gasteiger partial charge on any atom is 0.231 e. The van der Waals surface area contributed by atoms with Crippen molar-refractivity contribution < 1.29 is 5.11 Å². The standard InChI is InChI=1S/C13H22ClN5O/c1-9(8-10(2)20)15-12-16-11(14)17-13(18-12)19-6-4-3-5-7-19/h9-10,20H,3-8H2,1-2H3,(H,15,16,17,18). The van der Waals surface area contributed by atoms with Gasteiger partial charge in [0.05, 0.1) is 6.10 Å². The lowest BCUT2D eigenvalue weighted by Crippen LogP contribution is -2.31. The largest absolute Gasteiger partial charge is 0.393 e. The first kappa shape index (κ1) is 15.3. The molecule has 0 amide bonds. The van der Waals surface area contributed by atoms with Crippen molar-refractivity contribution in [1.29, 1.82) is 0 Å². The van der Waals surface area contributed by atoms with Crippen molar-refractivity contribution in [3.05, 3.63) is 5.28 Å². The molecule has 0 bridgehead atoms. The average Bonchev–Trinajstić information content (AvgIpc) is 2.38. The van der Waals surface area contributed by atoms with Crippen LogP contribution >= 0.6 is 11.6 Å². The molecule has 1 aliphatic rings. The van der Waals surface area contributed by atoms with E-state index >= 15 is 0 Å². The Morgan fingerprint density at radius 2 is 1.90 bits per heavy atom. The van der Waals surface area contributed by atoms with Gasteiger partial charge in [-0.3, -0.25) is 0 Å². The lowest BCUT2D eigenvalue weighted by molar-refractivity contribution is 0.179. The molecule has 1 fully saturated rings. The van der Waals surface area contributed by atoms with Gasteiger partial charge in [-0.25, -0.2) is 0 Å². The first-order valence-corrected chi connectivity index (χ1v) is 7.53. The maximum absolute atomic E-state index is 9.39. The molecule has 112 valence electrons. The van der Waals surface area contributed by atoms with Crippen LogP contribution in [0.2, 0.25) is 5.28 Å². The number of anilines is 2. The Hall–Kier alpha value is -1.14. The van der Waals surface area contributed by atoms with Crippen LogP contribution in [0.3, 0.4) is 0 Å². The predicted octanol–water partition coefficient (Wildman–Crippen LogP) is 2.09. The summed E-state index contributed by atoms with van der Waals surface area (Å²) < 4.78 is 0. The number of piperidine rings is 1. The van der Waals surface area contributed by atoms with Crippen molar-refractivity contribution in [2.24, 2.45) is 0 Å². The first-order valence-electron chi connectivity index (χ1n) is 7.15. The highest BCUT2D eigenvalue weighted by Crippen LogP contribution is 2.19. The summed E-state index contributed by atoms with van der Waals surface area (Å²) in [5, 5.41) is 12.7. The topological polar surface area (TPSA) is 74.2 Å². The van der Waals surface area contributed by atoms with Crippen molar-refractivity contribution in [3.8, 4) is 0 Å². The Kier molecular flexibility index (Phi) is 5.37. The Morgan fingerprint density at radius 1 is 1.20 bits per heavy atom. The number of aliphatic hydroxyl groups excluding tert-OH is 1. The lowest BCUT2D eigenvalue weighted by Gasteiger charge is -2.27. The number of aliphatic hydroxyl groups is 1. The van der Waals surface area contributed by atoms with Gasteiger partial charge in [-0.1, -0.05) is 0 Å². The molecule has 0 spiro atoms. The monoisotopic (exact) mass is 299 g/mol. The molecule has 0 aliphatic carbocycles. The molecule has 0 radical (unpaired) electrons. The number of nitrogens with one attached hydrogen (secondary N) is 1. The number of rotatable bonds is 5. The van der Waals surface area contributed by atoms with Gasteiger partial charge in [0.1, 0.15) is 0 Å². The second kappa shape index (κ2) is 7.04. The van der Waals surface area contributed by atoms with Crippen LogP contribution in [0.1, 0.15) is 39.5 Å². The van der Waals surface area contributed by atoms with E-state index in [2.05, 4.69) is 25.2 Å².